The van der Waals surface area contributed by atoms with E-state index in [4.69, 9.17) is 21.4 Å². The maximum Gasteiger partial charge on any atom is 0.341 e. The molecule has 1 aromatic carbocycles. The first-order chi connectivity index (χ1) is 6.09. The van der Waals surface area contributed by atoms with Crippen LogP contribution in [-0.4, -0.2) is 17.7 Å². The van der Waals surface area contributed by atoms with E-state index in [0.29, 0.717) is 15.2 Å². The Bertz CT molecular complexity index is 327. The summed E-state index contributed by atoms with van der Waals surface area (Å²) < 4.78 is 5.56. The first-order valence-electron chi connectivity index (χ1n) is 3.31. The SMILES string of the molecule is O=C(O)COc1c[c]c(Br)cc1Cl. The van der Waals surface area contributed by atoms with Gasteiger partial charge in [0.05, 0.1) is 5.02 Å². The zero-order chi connectivity index (χ0) is 9.84. The van der Waals surface area contributed by atoms with Crippen LogP contribution in [0.15, 0.2) is 16.6 Å². The standard InChI is InChI=1S/C8H5BrClO3/c9-5-1-2-7(6(10)3-5)13-4-8(11)12/h2-3H,4H2,(H,11,12). The van der Waals surface area contributed by atoms with Crippen LogP contribution in [0, 0.1) is 6.07 Å². The smallest absolute Gasteiger partial charge is 0.341 e. The maximum absolute atomic E-state index is 10.2. The number of hydrogen-bond donors (Lipinski definition) is 1. The lowest BCUT2D eigenvalue weighted by molar-refractivity contribution is -0.139. The number of halogens is 2. The fraction of sp³-hybridized carbons (Fsp3) is 0.125. The van der Waals surface area contributed by atoms with Gasteiger partial charge in [-0.1, -0.05) is 27.5 Å². The van der Waals surface area contributed by atoms with Crippen LogP contribution in [0.3, 0.4) is 0 Å². The van der Waals surface area contributed by atoms with Crippen LogP contribution in [0.4, 0.5) is 0 Å². The number of ether oxygens (including phenoxy) is 1. The third-order valence-electron chi connectivity index (χ3n) is 1.18. The molecule has 0 aromatic heterocycles. The molecular weight excluding hydrogens is 259 g/mol. The van der Waals surface area contributed by atoms with Gasteiger partial charge in [0, 0.05) is 10.5 Å². The molecule has 0 heterocycles. The van der Waals surface area contributed by atoms with E-state index in [1.54, 1.807) is 6.07 Å². The van der Waals surface area contributed by atoms with Crippen molar-refractivity contribution in [2.75, 3.05) is 6.61 Å². The van der Waals surface area contributed by atoms with Crippen molar-refractivity contribution in [3.8, 4) is 5.75 Å². The lowest BCUT2D eigenvalue weighted by Crippen LogP contribution is -2.09. The molecule has 13 heavy (non-hydrogen) atoms. The Morgan fingerprint density at radius 3 is 3.00 bits per heavy atom. The number of carboxylic acid groups (broad SMARTS) is 1. The van der Waals surface area contributed by atoms with Gasteiger partial charge in [-0.15, -0.1) is 0 Å². The highest BCUT2D eigenvalue weighted by Gasteiger charge is 2.04. The van der Waals surface area contributed by atoms with E-state index in [1.807, 2.05) is 0 Å². The summed E-state index contributed by atoms with van der Waals surface area (Å²) in [6, 6.07) is 5.84. The van der Waals surface area contributed by atoms with E-state index in [9.17, 15) is 4.79 Å². The van der Waals surface area contributed by atoms with E-state index in [2.05, 4.69) is 22.0 Å². The van der Waals surface area contributed by atoms with Crippen molar-refractivity contribution in [2.24, 2.45) is 0 Å². The van der Waals surface area contributed by atoms with Crippen LogP contribution in [0.25, 0.3) is 0 Å². The van der Waals surface area contributed by atoms with Crippen molar-refractivity contribution in [1.29, 1.82) is 0 Å². The molecule has 5 heteroatoms. The van der Waals surface area contributed by atoms with Crippen molar-refractivity contribution in [2.45, 2.75) is 0 Å². The molecule has 0 saturated heterocycles. The molecular formula is C8H5BrClO3. The number of benzene rings is 1. The minimum atomic E-state index is -1.04. The topological polar surface area (TPSA) is 46.5 Å². The van der Waals surface area contributed by atoms with Gasteiger partial charge in [-0.05, 0) is 12.1 Å². The molecule has 0 unspecified atom stereocenters. The van der Waals surface area contributed by atoms with Gasteiger partial charge in [-0.2, -0.15) is 0 Å². The van der Waals surface area contributed by atoms with Crippen LogP contribution < -0.4 is 4.74 Å². The minimum absolute atomic E-state index is 0.312. The molecule has 0 fully saturated rings. The van der Waals surface area contributed by atoms with E-state index in [1.165, 1.54) is 6.07 Å². The molecule has 1 N–H and O–H groups in total. The highest BCUT2D eigenvalue weighted by Crippen LogP contribution is 2.27. The molecule has 0 aliphatic heterocycles. The summed E-state index contributed by atoms with van der Waals surface area (Å²) in [5, 5.41) is 8.69. The van der Waals surface area contributed by atoms with Crippen molar-refractivity contribution in [3.63, 3.8) is 0 Å². The molecule has 1 radical (unpaired) electrons. The Kier molecular flexibility index (Phi) is 3.57. The number of hydrogen-bond acceptors (Lipinski definition) is 2. The molecule has 0 aliphatic rings. The van der Waals surface area contributed by atoms with Gasteiger partial charge in [-0.3, -0.25) is 0 Å². The number of rotatable bonds is 3. The van der Waals surface area contributed by atoms with Gasteiger partial charge in [0.15, 0.2) is 6.61 Å². The monoisotopic (exact) mass is 263 g/mol. The summed E-state index contributed by atoms with van der Waals surface area (Å²) in [7, 11) is 0. The molecule has 1 rings (SSSR count). The van der Waals surface area contributed by atoms with Crippen molar-refractivity contribution >= 4 is 33.5 Å². The van der Waals surface area contributed by atoms with Gasteiger partial charge in [0.25, 0.3) is 0 Å². The van der Waals surface area contributed by atoms with Crippen LogP contribution >= 0.6 is 27.5 Å². The molecule has 69 valence electrons. The minimum Gasteiger partial charge on any atom is -0.480 e. The zero-order valence-corrected chi connectivity index (χ0v) is 8.72. The Hall–Kier alpha value is -0.740. The molecule has 1 aromatic rings. The first kappa shape index (κ1) is 10.3. The Balaban J connectivity index is 2.72. The van der Waals surface area contributed by atoms with Gasteiger partial charge in [-0.25, -0.2) is 4.79 Å². The second-order valence-electron chi connectivity index (χ2n) is 2.18. The average Bonchev–Trinajstić information content (AvgIpc) is 2.02. The second-order valence-corrected chi connectivity index (χ2v) is 3.44. The number of carboxylic acids is 1. The quantitative estimate of drug-likeness (QED) is 0.911. The summed E-state index contributed by atoms with van der Waals surface area (Å²) in [4.78, 5) is 10.2. The summed E-state index contributed by atoms with van der Waals surface area (Å²) in [6.45, 7) is -0.408. The van der Waals surface area contributed by atoms with Crippen LogP contribution in [0.5, 0.6) is 5.75 Å². The van der Waals surface area contributed by atoms with Gasteiger partial charge >= 0.3 is 5.97 Å². The second kappa shape index (κ2) is 4.48. The lowest BCUT2D eigenvalue weighted by atomic mass is 10.3. The van der Waals surface area contributed by atoms with E-state index in [-0.39, 0.29) is 0 Å². The van der Waals surface area contributed by atoms with Gasteiger partial charge < -0.3 is 9.84 Å². The molecule has 0 amide bonds. The Morgan fingerprint density at radius 2 is 2.46 bits per heavy atom. The molecule has 3 nitrogen and oxygen atoms in total. The predicted molar refractivity (Wildman–Crippen MR) is 51.1 cm³/mol. The molecule has 0 bridgehead atoms. The summed E-state index contributed by atoms with van der Waals surface area (Å²) >= 11 is 8.91. The predicted octanol–water partition coefficient (Wildman–Crippen LogP) is 2.37. The third kappa shape index (κ3) is 3.24. The summed E-state index contributed by atoms with van der Waals surface area (Å²) in [6.07, 6.45) is 0. The normalized spacial score (nSPS) is 9.69. The van der Waals surface area contributed by atoms with Crippen LogP contribution in [0.1, 0.15) is 0 Å². The Morgan fingerprint density at radius 1 is 1.77 bits per heavy atom. The van der Waals surface area contributed by atoms with Gasteiger partial charge in [0.1, 0.15) is 5.75 Å². The van der Waals surface area contributed by atoms with E-state index >= 15 is 0 Å². The van der Waals surface area contributed by atoms with Crippen molar-refractivity contribution in [1.82, 2.24) is 0 Å². The average molecular weight is 264 g/mol. The fourth-order valence-corrected chi connectivity index (χ4v) is 1.37. The van der Waals surface area contributed by atoms with E-state index < -0.39 is 12.6 Å². The van der Waals surface area contributed by atoms with E-state index in [0.717, 1.165) is 0 Å². The first-order valence-corrected chi connectivity index (χ1v) is 4.48. The lowest BCUT2D eigenvalue weighted by Gasteiger charge is -2.04. The third-order valence-corrected chi connectivity index (χ3v) is 1.93. The molecule has 0 saturated carbocycles. The molecule has 0 spiro atoms. The van der Waals surface area contributed by atoms with Gasteiger partial charge in [0.2, 0.25) is 0 Å². The maximum atomic E-state index is 10.2. The molecule has 0 atom stereocenters. The highest BCUT2D eigenvalue weighted by molar-refractivity contribution is 9.10. The van der Waals surface area contributed by atoms with Crippen LogP contribution in [-0.2, 0) is 4.79 Å². The van der Waals surface area contributed by atoms with Crippen LogP contribution in [0.2, 0.25) is 5.02 Å². The largest absolute Gasteiger partial charge is 0.480 e. The van der Waals surface area contributed by atoms with Crippen molar-refractivity contribution in [3.05, 3.63) is 27.7 Å². The fourth-order valence-electron chi connectivity index (χ4n) is 0.678. The Labute approximate surface area is 88.4 Å². The number of carbonyl (C=O) groups is 1. The summed E-state index contributed by atoms with van der Waals surface area (Å²) in [5.41, 5.74) is 0. The zero-order valence-electron chi connectivity index (χ0n) is 6.38. The number of aliphatic carboxylic acids is 1. The molecule has 0 aliphatic carbocycles. The van der Waals surface area contributed by atoms with Crippen molar-refractivity contribution < 1.29 is 14.6 Å². The summed E-state index contributed by atoms with van der Waals surface area (Å²) in [5.74, 6) is -0.730. The highest BCUT2D eigenvalue weighted by atomic mass is 79.9.